The zero-order valence-corrected chi connectivity index (χ0v) is 19.8. The molecular weight excluding hydrogens is 454 g/mol. The first-order chi connectivity index (χ1) is 15.5. The molecule has 3 rings (SSSR count). The maximum atomic E-state index is 13.1. The number of ether oxygens (including phenoxy) is 3. The average molecular weight is 480 g/mol. The molecule has 1 amide bonds. The standard InChI is InChI=1S/C22H26ClN3O5S/c1-14-19(21(28)31-11-10-30-3)20(16-6-4-5-7-17(16)23)26-15(13-32-22(26)25-14)12-18(27)24-8-9-29-2/h4-7,13,20H,8-12H2,1-3H3,(H,24,27)/t20-/m1/s1. The third-order valence-corrected chi connectivity index (χ3v) is 6.14. The number of esters is 1. The van der Waals surface area contributed by atoms with E-state index in [0.29, 0.717) is 34.6 Å². The fraction of sp³-hybridized carbons (Fsp3) is 0.409. The fourth-order valence-corrected chi connectivity index (χ4v) is 4.64. The molecule has 2 heterocycles. The Morgan fingerprint density at radius 3 is 2.66 bits per heavy atom. The quantitative estimate of drug-likeness (QED) is 0.407. The lowest BCUT2D eigenvalue weighted by Gasteiger charge is -2.36. The molecule has 2 aliphatic rings. The molecule has 8 nitrogen and oxygen atoms in total. The summed E-state index contributed by atoms with van der Waals surface area (Å²) in [5, 5.41) is 5.89. The highest BCUT2D eigenvalue weighted by Gasteiger charge is 2.41. The molecule has 2 aliphatic heterocycles. The molecular formula is C22H26ClN3O5S. The summed E-state index contributed by atoms with van der Waals surface area (Å²) in [5.41, 5.74) is 2.39. The molecule has 1 aromatic rings. The average Bonchev–Trinajstić information content (AvgIpc) is 3.15. The van der Waals surface area contributed by atoms with Crippen molar-refractivity contribution in [3.8, 4) is 0 Å². The van der Waals surface area contributed by atoms with E-state index in [0.717, 1.165) is 11.3 Å². The number of halogens is 1. The van der Waals surface area contributed by atoms with E-state index in [4.69, 9.17) is 25.8 Å². The van der Waals surface area contributed by atoms with Gasteiger partial charge in [0, 0.05) is 31.5 Å². The molecule has 0 radical (unpaired) electrons. The van der Waals surface area contributed by atoms with E-state index < -0.39 is 12.0 Å². The van der Waals surface area contributed by atoms with E-state index in [-0.39, 0.29) is 25.5 Å². The van der Waals surface area contributed by atoms with Crippen molar-refractivity contribution < 1.29 is 23.8 Å². The molecule has 10 heteroatoms. The molecule has 32 heavy (non-hydrogen) atoms. The zero-order chi connectivity index (χ0) is 23.1. The Balaban J connectivity index is 1.94. The first-order valence-corrected chi connectivity index (χ1v) is 11.3. The van der Waals surface area contributed by atoms with Gasteiger partial charge in [-0.1, -0.05) is 41.6 Å². The van der Waals surface area contributed by atoms with Crippen molar-refractivity contribution in [1.82, 2.24) is 10.2 Å². The van der Waals surface area contributed by atoms with Gasteiger partial charge in [-0.05, 0) is 24.0 Å². The number of nitrogens with zero attached hydrogens (tertiary/aromatic N) is 2. The Hall–Kier alpha value is -2.33. The van der Waals surface area contributed by atoms with Gasteiger partial charge in [-0.2, -0.15) is 0 Å². The third kappa shape index (κ3) is 5.53. The number of carbonyl (C=O) groups excluding carboxylic acids is 2. The van der Waals surface area contributed by atoms with Gasteiger partial charge >= 0.3 is 5.97 Å². The second kappa shape index (κ2) is 11.5. The highest BCUT2D eigenvalue weighted by molar-refractivity contribution is 8.16. The van der Waals surface area contributed by atoms with Crippen LogP contribution in [0.2, 0.25) is 5.02 Å². The van der Waals surface area contributed by atoms with Crippen molar-refractivity contribution in [2.45, 2.75) is 19.4 Å². The molecule has 0 fully saturated rings. The molecule has 0 spiro atoms. The molecule has 172 valence electrons. The molecule has 0 unspecified atom stereocenters. The SMILES string of the molecule is COCCNC(=O)CC1=CSC2=NC(C)=C(C(=O)OCCOC)[C@@H](c3ccccc3Cl)N12. The van der Waals surface area contributed by atoms with E-state index in [1.165, 1.54) is 18.9 Å². The van der Waals surface area contributed by atoms with Gasteiger partial charge in [-0.25, -0.2) is 9.79 Å². The number of thioether (sulfide) groups is 1. The Morgan fingerprint density at radius 2 is 1.94 bits per heavy atom. The summed E-state index contributed by atoms with van der Waals surface area (Å²) in [4.78, 5) is 32.1. The summed E-state index contributed by atoms with van der Waals surface area (Å²) in [7, 11) is 3.12. The fourth-order valence-electron chi connectivity index (χ4n) is 3.44. The summed E-state index contributed by atoms with van der Waals surface area (Å²) in [5.74, 6) is -0.642. The lowest BCUT2D eigenvalue weighted by molar-refractivity contribution is -0.141. The Kier molecular flexibility index (Phi) is 8.75. The number of benzene rings is 1. The highest BCUT2D eigenvalue weighted by atomic mass is 35.5. The van der Waals surface area contributed by atoms with Crippen molar-refractivity contribution in [3.05, 3.63) is 57.2 Å². The van der Waals surface area contributed by atoms with E-state index in [9.17, 15) is 9.59 Å². The largest absolute Gasteiger partial charge is 0.460 e. The molecule has 1 N–H and O–H groups in total. The van der Waals surface area contributed by atoms with Crippen LogP contribution in [0, 0.1) is 0 Å². The summed E-state index contributed by atoms with van der Waals surface area (Å²) in [6, 6.07) is 6.76. The van der Waals surface area contributed by atoms with Crippen molar-refractivity contribution in [2.24, 2.45) is 4.99 Å². The van der Waals surface area contributed by atoms with Gasteiger partial charge in [-0.3, -0.25) is 4.79 Å². The number of hydrogen-bond acceptors (Lipinski definition) is 8. The van der Waals surface area contributed by atoms with Crippen LogP contribution in [0.1, 0.15) is 24.9 Å². The van der Waals surface area contributed by atoms with Gasteiger partial charge in [-0.15, -0.1) is 0 Å². The molecule has 0 aromatic heterocycles. The number of allylic oxidation sites excluding steroid dienone is 1. The van der Waals surface area contributed by atoms with Crippen LogP contribution >= 0.6 is 23.4 Å². The lowest BCUT2D eigenvalue weighted by Crippen LogP contribution is -2.38. The van der Waals surface area contributed by atoms with Crippen LogP contribution in [0.5, 0.6) is 0 Å². The maximum absolute atomic E-state index is 13.1. The molecule has 0 saturated carbocycles. The summed E-state index contributed by atoms with van der Waals surface area (Å²) in [6.07, 6.45) is 0.127. The molecule has 0 bridgehead atoms. The number of hydrogen-bond donors (Lipinski definition) is 1. The van der Waals surface area contributed by atoms with Gasteiger partial charge < -0.3 is 24.4 Å². The van der Waals surface area contributed by atoms with Crippen molar-refractivity contribution in [3.63, 3.8) is 0 Å². The van der Waals surface area contributed by atoms with Gasteiger partial charge in [0.05, 0.1) is 36.9 Å². The Labute approximate surface area is 196 Å². The first kappa shape index (κ1) is 24.3. The number of amides is 1. The second-order valence-electron chi connectivity index (χ2n) is 7.06. The number of nitrogens with one attached hydrogen (secondary N) is 1. The minimum Gasteiger partial charge on any atom is -0.460 e. The zero-order valence-electron chi connectivity index (χ0n) is 18.2. The molecule has 1 aromatic carbocycles. The smallest absolute Gasteiger partial charge is 0.338 e. The first-order valence-electron chi connectivity index (χ1n) is 10.1. The number of carbonyl (C=O) groups is 2. The predicted octanol–water partition coefficient (Wildman–Crippen LogP) is 3.26. The van der Waals surface area contributed by atoms with Gasteiger partial charge in [0.25, 0.3) is 0 Å². The van der Waals surface area contributed by atoms with Crippen molar-refractivity contribution in [1.29, 1.82) is 0 Å². The number of fused-ring (bicyclic) bond motifs is 1. The third-order valence-electron chi connectivity index (χ3n) is 4.91. The predicted molar refractivity (Wildman–Crippen MR) is 124 cm³/mol. The normalized spacial score (nSPS) is 17.6. The van der Waals surface area contributed by atoms with E-state index in [1.807, 2.05) is 28.5 Å². The van der Waals surface area contributed by atoms with Crippen LogP contribution in [0.15, 0.2) is 51.6 Å². The topological polar surface area (TPSA) is 89.5 Å². The number of rotatable bonds is 10. The van der Waals surface area contributed by atoms with Crippen LogP contribution in [0.3, 0.4) is 0 Å². The van der Waals surface area contributed by atoms with Gasteiger partial charge in [0.2, 0.25) is 5.91 Å². The van der Waals surface area contributed by atoms with Crippen molar-refractivity contribution in [2.75, 3.05) is 40.6 Å². The minimum atomic E-state index is -0.570. The van der Waals surface area contributed by atoms with Crippen LogP contribution in [-0.4, -0.2) is 62.5 Å². The Morgan fingerprint density at radius 1 is 1.19 bits per heavy atom. The summed E-state index contributed by atoms with van der Waals surface area (Å²) >= 11 is 7.96. The summed E-state index contributed by atoms with van der Waals surface area (Å²) < 4.78 is 15.4. The monoisotopic (exact) mass is 479 g/mol. The van der Waals surface area contributed by atoms with Crippen LogP contribution in [0.25, 0.3) is 0 Å². The lowest BCUT2D eigenvalue weighted by atomic mass is 9.93. The number of aliphatic imine (C=N–C) groups is 1. The maximum Gasteiger partial charge on any atom is 0.338 e. The van der Waals surface area contributed by atoms with Gasteiger partial charge in [0.15, 0.2) is 5.17 Å². The summed E-state index contributed by atoms with van der Waals surface area (Å²) in [6.45, 7) is 3.03. The molecule has 1 atom stereocenters. The highest BCUT2D eigenvalue weighted by Crippen LogP contribution is 2.46. The number of methoxy groups -OCH3 is 2. The van der Waals surface area contributed by atoms with Crippen molar-refractivity contribution >= 4 is 40.4 Å². The van der Waals surface area contributed by atoms with Crippen LogP contribution < -0.4 is 5.32 Å². The molecule has 0 saturated heterocycles. The van der Waals surface area contributed by atoms with E-state index in [2.05, 4.69) is 10.3 Å². The molecule has 0 aliphatic carbocycles. The number of amidine groups is 1. The van der Waals surface area contributed by atoms with Crippen LogP contribution in [0.4, 0.5) is 0 Å². The van der Waals surface area contributed by atoms with Crippen LogP contribution in [-0.2, 0) is 23.8 Å². The van der Waals surface area contributed by atoms with E-state index in [1.54, 1.807) is 20.1 Å². The van der Waals surface area contributed by atoms with E-state index >= 15 is 0 Å². The Bertz CT molecular complexity index is 963. The van der Waals surface area contributed by atoms with Gasteiger partial charge in [0.1, 0.15) is 6.61 Å². The minimum absolute atomic E-state index is 0.122. The second-order valence-corrected chi connectivity index (χ2v) is 8.31.